The molecule has 0 aliphatic carbocycles. The van der Waals surface area contributed by atoms with Gasteiger partial charge in [0.25, 0.3) is 0 Å². The molecule has 106 valence electrons. The highest BCUT2D eigenvalue weighted by Crippen LogP contribution is 2.13. The second-order valence-corrected chi connectivity index (χ2v) is 4.95. The number of nitrogens with zero attached hydrogens (tertiary/aromatic N) is 3. The van der Waals surface area contributed by atoms with Gasteiger partial charge in [-0.25, -0.2) is 0 Å². The van der Waals surface area contributed by atoms with Gasteiger partial charge in [0.1, 0.15) is 0 Å². The summed E-state index contributed by atoms with van der Waals surface area (Å²) in [4.78, 5) is 6.41. The quantitative estimate of drug-likeness (QED) is 0.651. The molecule has 1 aliphatic rings. The molecule has 1 aliphatic heterocycles. The predicted molar refractivity (Wildman–Crippen MR) is 73.0 cm³/mol. The summed E-state index contributed by atoms with van der Waals surface area (Å²) in [7, 11) is 3.83. The first-order valence-corrected chi connectivity index (χ1v) is 6.60. The summed E-state index contributed by atoms with van der Waals surface area (Å²) in [5, 5.41) is 7.14. The van der Waals surface area contributed by atoms with Gasteiger partial charge in [0.15, 0.2) is 11.7 Å². The summed E-state index contributed by atoms with van der Waals surface area (Å²) in [5.74, 6) is 2.27. The van der Waals surface area contributed by atoms with Gasteiger partial charge in [0, 0.05) is 39.2 Å². The zero-order valence-corrected chi connectivity index (χ0v) is 11.8. The van der Waals surface area contributed by atoms with Crippen LogP contribution in [0.5, 0.6) is 0 Å². The summed E-state index contributed by atoms with van der Waals surface area (Å²) in [6.07, 6.45) is 1.13. The largest absolute Gasteiger partial charge is 0.381 e. The zero-order chi connectivity index (χ0) is 13.7. The number of hydrogen-bond donors (Lipinski definition) is 1. The molecule has 1 aromatic heterocycles. The van der Waals surface area contributed by atoms with Gasteiger partial charge in [-0.15, -0.1) is 0 Å². The van der Waals surface area contributed by atoms with E-state index in [1.807, 2.05) is 20.0 Å². The molecule has 19 heavy (non-hydrogen) atoms. The first kappa shape index (κ1) is 13.9. The van der Waals surface area contributed by atoms with Crippen molar-refractivity contribution < 1.29 is 9.26 Å². The molecule has 0 spiro atoms. The molecule has 1 unspecified atom stereocenters. The molecule has 0 bridgehead atoms. The molecule has 1 fully saturated rings. The van der Waals surface area contributed by atoms with Crippen LogP contribution < -0.4 is 5.32 Å². The van der Waals surface area contributed by atoms with Crippen LogP contribution in [0.4, 0.5) is 0 Å². The minimum absolute atomic E-state index is 0.594. The van der Waals surface area contributed by atoms with Gasteiger partial charge in [0.2, 0.25) is 0 Å². The number of aryl methyl sites for hydroxylation is 1. The Labute approximate surface area is 113 Å². The van der Waals surface area contributed by atoms with Gasteiger partial charge >= 0.3 is 0 Å². The second kappa shape index (κ2) is 6.56. The number of ether oxygens (including phenoxy) is 1. The van der Waals surface area contributed by atoms with Crippen molar-refractivity contribution in [3.05, 3.63) is 17.5 Å². The Morgan fingerprint density at radius 3 is 3.05 bits per heavy atom. The number of rotatable bonds is 4. The molecule has 2 heterocycles. The third-order valence-electron chi connectivity index (χ3n) is 3.23. The van der Waals surface area contributed by atoms with Crippen LogP contribution in [0.2, 0.25) is 0 Å². The average Bonchev–Trinajstić information content (AvgIpc) is 3.02. The second-order valence-electron chi connectivity index (χ2n) is 4.95. The summed E-state index contributed by atoms with van der Waals surface area (Å²) in [6, 6.07) is 1.92. The minimum Gasteiger partial charge on any atom is -0.381 e. The first-order valence-electron chi connectivity index (χ1n) is 6.60. The summed E-state index contributed by atoms with van der Waals surface area (Å²) < 4.78 is 10.6. The van der Waals surface area contributed by atoms with E-state index in [0.717, 1.165) is 43.6 Å². The van der Waals surface area contributed by atoms with E-state index in [0.29, 0.717) is 12.5 Å². The highest BCUT2D eigenvalue weighted by atomic mass is 16.5. The maximum absolute atomic E-state index is 5.39. The molecule has 1 atom stereocenters. The smallest absolute Gasteiger partial charge is 0.193 e. The van der Waals surface area contributed by atoms with E-state index in [1.165, 1.54) is 0 Å². The molecule has 0 amide bonds. The fourth-order valence-electron chi connectivity index (χ4n) is 2.25. The van der Waals surface area contributed by atoms with E-state index in [9.17, 15) is 0 Å². The molecule has 0 aromatic carbocycles. The molecule has 1 N–H and O–H groups in total. The van der Waals surface area contributed by atoms with Crippen LogP contribution in [0.1, 0.15) is 17.9 Å². The van der Waals surface area contributed by atoms with Crippen molar-refractivity contribution in [2.24, 2.45) is 10.9 Å². The van der Waals surface area contributed by atoms with E-state index in [4.69, 9.17) is 9.26 Å². The van der Waals surface area contributed by atoms with E-state index < -0.39 is 0 Å². The Hall–Kier alpha value is -1.56. The SMILES string of the molecule is CN=C(NCc1cc(C)no1)N(C)CC1CCOC1. The number of aromatic nitrogens is 1. The van der Waals surface area contributed by atoms with Crippen molar-refractivity contribution in [3.63, 3.8) is 0 Å². The summed E-state index contributed by atoms with van der Waals surface area (Å²) in [6.45, 7) is 5.19. The third-order valence-corrected chi connectivity index (χ3v) is 3.23. The maximum atomic E-state index is 5.39. The Morgan fingerprint density at radius 2 is 2.47 bits per heavy atom. The van der Waals surface area contributed by atoms with E-state index >= 15 is 0 Å². The summed E-state index contributed by atoms with van der Waals surface area (Å²) in [5.41, 5.74) is 0.892. The van der Waals surface area contributed by atoms with Crippen molar-refractivity contribution in [2.75, 3.05) is 33.9 Å². The summed E-state index contributed by atoms with van der Waals surface area (Å²) >= 11 is 0. The molecule has 0 radical (unpaired) electrons. The van der Waals surface area contributed by atoms with E-state index in [2.05, 4.69) is 20.4 Å². The predicted octanol–water partition coefficient (Wildman–Crippen LogP) is 1.03. The van der Waals surface area contributed by atoms with Gasteiger partial charge in [-0.3, -0.25) is 4.99 Å². The fourth-order valence-corrected chi connectivity index (χ4v) is 2.25. The molecule has 0 saturated carbocycles. The molecule has 1 saturated heterocycles. The van der Waals surface area contributed by atoms with Crippen molar-refractivity contribution in [2.45, 2.75) is 19.9 Å². The Balaban J connectivity index is 1.81. The number of hydrogen-bond acceptors (Lipinski definition) is 4. The molecule has 2 rings (SSSR count). The number of guanidine groups is 1. The zero-order valence-electron chi connectivity index (χ0n) is 11.8. The van der Waals surface area contributed by atoms with Crippen LogP contribution in [0, 0.1) is 12.8 Å². The van der Waals surface area contributed by atoms with Crippen LogP contribution >= 0.6 is 0 Å². The lowest BCUT2D eigenvalue weighted by Gasteiger charge is -2.24. The maximum Gasteiger partial charge on any atom is 0.193 e. The van der Waals surface area contributed by atoms with Crippen LogP contribution in [0.3, 0.4) is 0 Å². The molecular formula is C13H22N4O2. The van der Waals surface area contributed by atoms with Gasteiger partial charge in [-0.05, 0) is 13.3 Å². The molecule has 6 heteroatoms. The lowest BCUT2D eigenvalue weighted by molar-refractivity contribution is 0.181. The first-order chi connectivity index (χ1) is 9.19. The van der Waals surface area contributed by atoms with Gasteiger partial charge in [-0.2, -0.15) is 0 Å². The van der Waals surface area contributed by atoms with Gasteiger partial charge in [-0.1, -0.05) is 5.16 Å². The molecule has 6 nitrogen and oxygen atoms in total. The number of aliphatic imine (C=N–C) groups is 1. The van der Waals surface area contributed by atoms with Crippen molar-refractivity contribution in [3.8, 4) is 0 Å². The van der Waals surface area contributed by atoms with Crippen LogP contribution in [0.15, 0.2) is 15.6 Å². The molecular weight excluding hydrogens is 244 g/mol. The Morgan fingerprint density at radius 1 is 1.63 bits per heavy atom. The highest BCUT2D eigenvalue weighted by Gasteiger charge is 2.19. The average molecular weight is 266 g/mol. The van der Waals surface area contributed by atoms with E-state index in [-0.39, 0.29) is 0 Å². The highest BCUT2D eigenvalue weighted by molar-refractivity contribution is 5.79. The van der Waals surface area contributed by atoms with E-state index in [1.54, 1.807) is 7.05 Å². The van der Waals surface area contributed by atoms with Crippen LogP contribution in [0.25, 0.3) is 0 Å². The fraction of sp³-hybridized carbons (Fsp3) is 0.692. The van der Waals surface area contributed by atoms with Crippen molar-refractivity contribution in [1.29, 1.82) is 0 Å². The molecule has 1 aromatic rings. The van der Waals surface area contributed by atoms with Crippen LogP contribution in [-0.2, 0) is 11.3 Å². The Kier molecular flexibility index (Phi) is 4.79. The topological polar surface area (TPSA) is 62.9 Å². The number of nitrogens with one attached hydrogen (secondary N) is 1. The van der Waals surface area contributed by atoms with Crippen molar-refractivity contribution >= 4 is 5.96 Å². The Bertz CT molecular complexity index is 424. The van der Waals surface area contributed by atoms with Crippen LogP contribution in [-0.4, -0.2) is 49.9 Å². The monoisotopic (exact) mass is 266 g/mol. The normalized spacial score (nSPS) is 19.7. The minimum atomic E-state index is 0.594. The lowest BCUT2D eigenvalue weighted by atomic mass is 10.1. The third kappa shape index (κ3) is 3.96. The van der Waals surface area contributed by atoms with Gasteiger partial charge in [0.05, 0.1) is 18.8 Å². The van der Waals surface area contributed by atoms with Gasteiger partial charge < -0.3 is 19.5 Å². The lowest BCUT2D eigenvalue weighted by Crippen LogP contribution is -2.41. The standard InChI is InChI=1S/C13H22N4O2/c1-10-6-12(19-16-10)7-15-13(14-2)17(3)8-11-4-5-18-9-11/h6,11H,4-5,7-9H2,1-3H3,(H,14,15). The van der Waals surface area contributed by atoms with Crippen molar-refractivity contribution in [1.82, 2.24) is 15.4 Å².